The Hall–Kier alpha value is -3.48. The molecular weight excluding hydrogens is 422 g/mol. The van der Waals surface area contributed by atoms with Gasteiger partial charge in [-0.2, -0.15) is 0 Å². The zero-order chi connectivity index (χ0) is 24.4. The number of carboxylic acid groups (broad SMARTS) is 1. The number of nitrogens with zero attached hydrogens (tertiary/aromatic N) is 1. The van der Waals surface area contributed by atoms with Gasteiger partial charge in [0, 0.05) is 24.7 Å². The molecule has 0 fully saturated rings. The number of primary amides is 1. The van der Waals surface area contributed by atoms with Gasteiger partial charge in [-0.15, -0.1) is 0 Å². The van der Waals surface area contributed by atoms with Crippen LogP contribution in [0.25, 0.3) is 0 Å². The molecule has 0 bridgehead atoms. The van der Waals surface area contributed by atoms with E-state index >= 15 is 0 Å². The molecule has 1 rings (SSSR count). The van der Waals surface area contributed by atoms with Crippen molar-refractivity contribution in [3.05, 3.63) is 18.2 Å². The van der Waals surface area contributed by atoms with Crippen LogP contribution in [0, 0.1) is 5.92 Å². The topological polar surface area (TPSA) is 222 Å². The molecule has 4 amide bonds. The van der Waals surface area contributed by atoms with Crippen LogP contribution in [0.2, 0.25) is 0 Å². The molecule has 178 valence electrons. The van der Waals surface area contributed by atoms with Crippen molar-refractivity contribution >= 4 is 29.6 Å². The van der Waals surface area contributed by atoms with Gasteiger partial charge >= 0.3 is 5.97 Å². The van der Waals surface area contributed by atoms with Crippen molar-refractivity contribution in [3.63, 3.8) is 0 Å². The van der Waals surface area contributed by atoms with Crippen LogP contribution in [0.3, 0.4) is 0 Å². The number of carbonyl (C=O) groups is 5. The minimum absolute atomic E-state index is 0.00364. The van der Waals surface area contributed by atoms with Crippen LogP contribution in [0.4, 0.5) is 0 Å². The number of hydrogen-bond acceptors (Lipinski definition) is 7. The number of H-pyrrole nitrogens is 1. The molecule has 0 aliphatic rings. The maximum atomic E-state index is 13.0. The highest BCUT2D eigenvalue weighted by atomic mass is 16.4. The van der Waals surface area contributed by atoms with Gasteiger partial charge < -0.3 is 37.5 Å². The Kier molecular flexibility index (Phi) is 10.3. The molecule has 0 spiro atoms. The van der Waals surface area contributed by atoms with Crippen molar-refractivity contribution < 1.29 is 29.1 Å². The zero-order valence-corrected chi connectivity index (χ0v) is 18.3. The maximum absolute atomic E-state index is 13.0. The van der Waals surface area contributed by atoms with Crippen LogP contribution in [0.1, 0.15) is 39.3 Å². The first-order valence-electron chi connectivity index (χ1n) is 10.1. The largest absolute Gasteiger partial charge is 0.480 e. The number of nitrogens with one attached hydrogen (secondary N) is 4. The molecule has 0 aliphatic heterocycles. The van der Waals surface area contributed by atoms with E-state index in [9.17, 15) is 24.0 Å². The highest BCUT2D eigenvalue weighted by Crippen LogP contribution is 2.06. The maximum Gasteiger partial charge on any atom is 0.325 e. The van der Waals surface area contributed by atoms with E-state index in [1.54, 1.807) is 13.8 Å². The fourth-order valence-electron chi connectivity index (χ4n) is 2.69. The molecule has 9 N–H and O–H groups in total. The average Bonchev–Trinajstić information content (AvgIpc) is 3.21. The zero-order valence-electron chi connectivity index (χ0n) is 18.3. The Balaban J connectivity index is 2.95. The third-order valence-corrected chi connectivity index (χ3v) is 4.63. The first kappa shape index (κ1) is 26.6. The number of carboxylic acids is 1. The Labute approximate surface area is 185 Å². The lowest BCUT2D eigenvalue weighted by atomic mass is 10.0. The second-order valence-corrected chi connectivity index (χ2v) is 7.75. The summed E-state index contributed by atoms with van der Waals surface area (Å²) < 4.78 is 0. The van der Waals surface area contributed by atoms with Crippen molar-refractivity contribution in [2.75, 3.05) is 0 Å². The van der Waals surface area contributed by atoms with Gasteiger partial charge in [-0.25, -0.2) is 4.98 Å². The summed E-state index contributed by atoms with van der Waals surface area (Å²) >= 11 is 0. The predicted molar refractivity (Wildman–Crippen MR) is 113 cm³/mol. The minimum Gasteiger partial charge on any atom is -0.480 e. The van der Waals surface area contributed by atoms with Gasteiger partial charge in [0.2, 0.25) is 23.6 Å². The van der Waals surface area contributed by atoms with Crippen LogP contribution in [0.5, 0.6) is 0 Å². The lowest BCUT2D eigenvalue weighted by Gasteiger charge is -2.26. The predicted octanol–water partition coefficient (Wildman–Crippen LogP) is -2.24. The molecule has 1 aromatic heterocycles. The first-order chi connectivity index (χ1) is 14.9. The molecule has 32 heavy (non-hydrogen) atoms. The Morgan fingerprint density at radius 3 is 2.22 bits per heavy atom. The van der Waals surface area contributed by atoms with Crippen molar-refractivity contribution in [1.82, 2.24) is 25.9 Å². The van der Waals surface area contributed by atoms with E-state index < -0.39 is 53.8 Å². The lowest BCUT2D eigenvalue weighted by molar-refractivity contribution is -0.142. The minimum atomic E-state index is -1.22. The van der Waals surface area contributed by atoms with Gasteiger partial charge in [0.1, 0.15) is 18.1 Å². The van der Waals surface area contributed by atoms with Gasteiger partial charge in [-0.1, -0.05) is 13.8 Å². The summed E-state index contributed by atoms with van der Waals surface area (Å²) in [6.07, 6.45) is 2.81. The van der Waals surface area contributed by atoms with E-state index in [-0.39, 0.29) is 25.2 Å². The summed E-state index contributed by atoms with van der Waals surface area (Å²) in [5.41, 5.74) is 11.4. The smallest absolute Gasteiger partial charge is 0.325 e. The SMILES string of the molecule is CC(NC(=O)C(NC(=O)C(Cc1cnc[nH]1)NC(=O)C(N)CCC(N)=O)C(C)C)C(=O)O. The third-order valence-electron chi connectivity index (χ3n) is 4.63. The van der Waals surface area contributed by atoms with E-state index in [1.807, 2.05) is 0 Å². The molecular formula is C19H31N7O6. The van der Waals surface area contributed by atoms with Crippen LogP contribution in [0.15, 0.2) is 12.5 Å². The summed E-state index contributed by atoms with van der Waals surface area (Å²) in [6.45, 7) is 4.66. The molecule has 13 heteroatoms. The Morgan fingerprint density at radius 2 is 1.72 bits per heavy atom. The summed E-state index contributed by atoms with van der Waals surface area (Å²) in [7, 11) is 0. The van der Waals surface area contributed by atoms with Crippen LogP contribution >= 0.6 is 0 Å². The van der Waals surface area contributed by atoms with E-state index in [2.05, 4.69) is 25.9 Å². The highest BCUT2D eigenvalue weighted by molar-refractivity contribution is 5.94. The second-order valence-electron chi connectivity index (χ2n) is 7.75. The number of imidazole rings is 1. The Morgan fingerprint density at radius 1 is 1.06 bits per heavy atom. The van der Waals surface area contributed by atoms with E-state index in [0.717, 1.165) is 0 Å². The molecule has 4 atom stereocenters. The molecule has 1 heterocycles. The van der Waals surface area contributed by atoms with Crippen LogP contribution in [-0.2, 0) is 30.4 Å². The number of aromatic nitrogens is 2. The van der Waals surface area contributed by atoms with Gasteiger partial charge in [0.15, 0.2) is 0 Å². The fraction of sp³-hybridized carbons (Fsp3) is 0.579. The number of carbonyl (C=O) groups excluding carboxylic acids is 4. The number of aliphatic carboxylic acids is 1. The van der Waals surface area contributed by atoms with Crippen molar-refractivity contribution in [2.45, 2.75) is 64.2 Å². The molecule has 0 saturated heterocycles. The summed E-state index contributed by atoms with van der Waals surface area (Å²) in [6, 6.07) is -4.38. The molecule has 0 aliphatic carbocycles. The van der Waals surface area contributed by atoms with Gasteiger partial charge in [0.25, 0.3) is 0 Å². The molecule has 0 aromatic carbocycles. The monoisotopic (exact) mass is 453 g/mol. The van der Waals surface area contributed by atoms with Crippen molar-refractivity contribution in [3.8, 4) is 0 Å². The first-order valence-corrected chi connectivity index (χ1v) is 10.1. The standard InChI is InChI=1S/C19H31N7O6/c1-9(2)15(18(30)24-10(3)19(31)32)26-17(29)13(6-11-7-22-8-23-11)25-16(28)12(20)4-5-14(21)27/h7-10,12-13,15H,4-6,20H2,1-3H3,(H2,21,27)(H,22,23)(H,24,30)(H,25,28)(H,26,29)(H,31,32). The van der Waals surface area contributed by atoms with Gasteiger partial charge in [0.05, 0.1) is 12.4 Å². The van der Waals surface area contributed by atoms with Crippen LogP contribution in [-0.4, -0.2) is 68.8 Å². The van der Waals surface area contributed by atoms with E-state index in [0.29, 0.717) is 5.69 Å². The molecule has 13 nitrogen and oxygen atoms in total. The fourth-order valence-corrected chi connectivity index (χ4v) is 2.69. The quantitative estimate of drug-likeness (QED) is 0.172. The molecule has 1 aromatic rings. The molecule has 0 radical (unpaired) electrons. The van der Waals surface area contributed by atoms with Gasteiger partial charge in [-0.05, 0) is 19.3 Å². The number of aromatic amines is 1. The number of amides is 4. The van der Waals surface area contributed by atoms with Gasteiger partial charge in [-0.3, -0.25) is 24.0 Å². The molecule has 0 saturated carbocycles. The van der Waals surface area contributed by atoms with E-state index in [4.69, 9.17) is 16.6 Å². The normalized spacial score (nSPS) is 14.7. The number of hydrogen-bond donors (Lipinski definition) is 7. The van der Waals surface area contributed by atoms with E-state index in [1.165, 1.54) is 19.4 Å². The second kappa shape index (κ2) is 12.4. The van der Waals surface area contributed by atoms with Crippen molar-refractivity contribution in [2.24, 2.45) is 17.4 Å². The summed E-state index contributed by atoms with van der Waals surface area (Å²) in [5, 5.41) is 16.4. The lowest BCUT2D eigenvalue weighted by Crippen LogP contribution is -2.58. The average molecular weight is 454 g/mol. The third kappa shape index (κ3) is 8.71. The number of nitrogens with two attached hydrogens (primary N) is 2. The highest BCUT2D eigenvalue weighted by Gasteiger charge is 2.31. The molecule has 4 unspecified atom stereocenters. The summed E-state index contributed by atoms with van der Waals surface area (Å²) in [5.74, 6) is -4.22. The van der Waals surface area contributed by atoms with Crippen LogP contribution < -0.4 is 27.4 Å². The Bertz CT molecular complexity index is 811. The van der Waals surface area contributed by atoms with Crippen molar-refractivity contribution in [1.29, 1.82) is 0 Å². The number of rotatable bonds is 13. The summed E-state index contributed by atoms with van der Waals surface area (Å²) in [4.78, 5) is 66.5.